The van der Waals surface area contributed by atoms with Crippen LogP contribution in [0.4, 0.5) is 16.2 Å². The molecule has 5 rings (SSSR count). The highest BCUT2D eigenvalue weighted by Gasteiger charge is 2.41. The normalized spacial score (nSPS) is 18.4. The van der Waals surface area contributed by atoms with E-state index in [1.807, 2.05) is 60.7 Å². The van der Waals surface area contributed by atoms with Crippen LogP contribution in [0.3, 0.4) is 0 Å². The van der Waals surface area contributed by atoms with Gasteiger partial charge in [-0.3, -0.25) is 19.3 Å². The van der Waals surface area contributed by atoms with Crippen molar-refractivity contribution in [3.05, 3.63) is 83.9 Å². The third-order valence-corrected chi connectivity index (χ3v) is 7.31. The van der Waals surface area contributed by atoms with E-state index in [1.54, 1.807) is 46.9 Å². The summed E-state index contributed by atoms with van der Waals surface area (Å²) in [7, 11) is 1.68. The monoisotopic (exact) mass is 554 g/mol. The van der Waals surface area contributed by atoms with Gasteiger partial charge in [0, 0.05) is 19.0 Å². The number of amides is 4. The minimum Gasteiger partial charge on any atom is -0.443 e. The molecule has 0 saturated heterocycles. The van der Waals surface area contributed by atoms with Gasteiger partial charge >= 0.3 is 6.09 Å². The van der Waals surface area contributed by atoms with Crippen LogP contribution in [0.25, 0.3) is 11.1 Å². The zero-order chi connectivity index (χ0) is 29.5. The molecule has 0 aliphatic carbocycles. The van der Waals surface area contributed by atoms with Crippen LogP contribution in [-0.4, -0.2) is 48.5 Å². The van der Waals surface area contributed by atoms with E-state index in [9.17, 15) is 19.2 Å². The van der Waals surface area contributed by atoms with E-state index in [1.165, 1.54) is 9.80 Å². The van der Waals surface area contributed by atoms with Crippen LogP contribution in [0.2, 0.25) is 0 Å². The average Bonchev–Trinajstić information content (AvgIpc) is 3.31. The third kappa shape index (κ3) is 5.39. The van der Waals surface area contributed by atoms with E-state index >= 15 is 0 Å². The number of benzene rings is 3. The lowest BCUT2D eigenvalue weighted by Crippen LogP contribution is -2.55. The van der Waals surface area contributed by atoms with Gasteiger partial charge in [-0.25, -0.2) is 4.79 Å². The summed E-state index contributed by atoms with van der Waals surface area (Å²) in [5, 5.41) is 5.61. The molecule has 0 radical (unpaired) electrons. The number of anilines is 2. The van der Waals surface area contributed by atoms with Crippen molar-refractivity contribution >= 4 is 35.2 Å². The Morgan fingerprint density at radius 1 is 0.902 bits per heavy atom. The van der Waals surface area contributed by atoms with Crippen LogP contribution in [-0.2, 0) is 25.5 Å². The zero-order valence-corrected chi connectivity index (χ0v) is 23.8. The van der Waals surface area contributed by atoms with Crippen LogP contribution in [0.5, 0.6) is 0 Å². The predicted octanol–water partition coefficient (Wildman–Crippen LogP) is 4.36. The first kappa shape index (κ1) is 27.9. The quantitative estimate of drug-likeness (QED) is 0.498. The molecule has 2 heterocycles. The van der Waals surface area contributed by atoms with Crippen molar-refractivity contribution in [2.24, 2.45) is 0 Å². The number of hydrogen-bond donors (Lipinski definition) is 2. The number of carbonyl (C=O) groups excluding carboxylic acids is 4. The Balaban J connectivity index is 1.35. The molecule has 3 atom stereocenters. The minimum absolute atomic E-state index is 0.285. The first-order valence-corrected chi connectivity index (χ1v) is 13.6. The molecule has 4 amide bonds. The summed E-state index contributed by atoms with van der Waals surface area (Å²) < 4.78 is 5.59. The van der Waals surface area contributed by atoms with Crippen LogP contribution in [0.15, 0.2) is 72.8 Å². The SMILES string of the molecule is C[C@H](NC(=O)[C@@H]1Cc2ccccc2N1C(=O)OC(C)(C)C)C(=O)N[C@H]1C(=O)N(C)c2ccccc2-c2ccccc21. The van der Waals surface area contributed by atoms with Crippen LogP contribution in [0.1, 0.15) is 44.9 Å². The summed E-state index contributed by atoms with van der Waals surface area (Å²) >= 11 is 0. The maximum Gasteiger partial charge on any atom is 0.415 e. The fourth-order valence-corrected chi connectivity index (χ4v) is 5.35. The van der Waals surface area contributed by atoms with Crippen molar-refractivity contribution in [2.75, 3.05) is 16.8 Å². The van der Waals surface area contributed by atoms with E-state index in [-0.39, 0.29) is 12.3 Å². The van der Waals surface area contributed by atoms with Gasteiger partial charge in [0.05, 0.1) is 11.4 Å². The highest BCUT2D eigenvalue weighted by Crippen LogP contribution is 2.39. The number of likely N-dealkylation sites (N-methyl/N-ethyl adjacent to an activating group) is 1. The summed E-state index contributed by atoms with van der Waals surface area (Å²) in [5.74, 6) is -1.31. The first-order chi connectivity index (χ1) is 19.5. The van der Waals surface area contributed by atoms with Crippen molar-refractivity contribution < 1.29 is 23.9 Å². The molecule has 0 saturated carbocycles. The van der Waals surface area contributed by atoms with Crippen LogP contribution < -0.4 is 20.4 Å². The molecule has 9 nitrogen and oxygen atoms in total. The van der Waals surface area contributed by atoms with E-state index < -0.39 is 41.6 Å². The molecule has 2 N–H and O–H groups in total. The Morgan fingerprint density at radius 2 is 1.51 bits per heavy atom. The number of nitrogens with zero attached hydrogens (tertiary/aromatic N) is 2. The lowest BCUT2D eigenvalue weighted by atomic mass is 9.95. The molecule has 0 bridgehead atoms. The minimum atomic E-state index is -0.984. The van der Waals surface area contributed by atoms with Gasteiger partial charge in [0.2, 0.25) is 11.8 Å². The molecule has 0 aromatic heterocycles. The van der Waals surface area contributed by atoms with Gasteiger partial charge in [0.25, 0.3) is 5.91 Å². The smallest absolute Gasteiger partial charge is 0.415 e. The van der Waals surface area contributed by atoms with E-state index in [0.717, 1.165) is 22.4 Å². The van der Waals surface area contributed by atoms with Crippen LogP contribution >= 0.6 is 0 Å². The van der Waals surface area contributed by atoms with E-state index in [2.05, 4.69) is 10.6 Å². The van der Waals surface area contributed by atoms with E-state index in [4.69, 9.17) is 4.74 Å². The number of ether oxygens (including phenoxy) is 1. The second-order valence-electron chi connectivity index (χ2n) is 11.4. The van der Waals surface area contributed by atoms with Crippen molar-refractivity contribution in [3.63, 3.8) is 0 Å². The Morgan fingerprint density at radius 3 is 2.22 bits per heavy atom. The molecular weight excluding hydrogens is 520 g/mol. The van der Waals surface area contributed by atoms with Gasteiger partial charge in [0.1, 0.15) is 23.7 Å². The fraction of sp³-hybridized carbons (Fsp3) is 0.312. The molecular formula is C32H34N4O5. The molecule has 0 unspecified atom stereocenters. The highest BCUT2D eigenvalue weighted by atomic mass is 16.6. The number of fused-ring (bicyclic) bond motifs is 4. The zero-order valence-electron chi connectivity index (χ0n) is 23.8. The number of para-hydroxylation sites is 2. The second kappa shape index (κ2) is 10.7. The fourth-order valence-electron chi connectivity index (χ4n) is 5.35. The van der Waals surface area contributed by atoms with Gasteiger partial charge in [-0.05, 0) is 56.5 Å². The van der Waals surface area contributed by atoms with Gasteiger partial charge in [-0.1, -0.05) is 60.7 Å². The maximum atomic E-state index is 13.6. The lowest BCUT2D eigenvalue weighted by molar-refractivity contribution is -0.131. The Labute approximate surface area is 239 Å². The molecule has 212 valence electrons. The number of carbonyl (C=O) groups is 4. The van der Waals surface area contributed by atoms with Crippen molar-refractivity contribution in [1.82, 2.24) is 10.6 Å². The molecule has 9 heteroatoms. The number of hydrogen-bond acceptors (Lipinski definition) is 5. The number of nitrogens with one attached hydrogen (secondary N) is 2. The Kier molecular flexibility index (Phi) is 7.29. The van der Waals surface area contributed by atoms with Crippen molar-refractivity contribution in [3.8, 4) is 11.1 Å². The Bertz CT molecular complexity index is 1530. The first-order valence-electron chi connectivity index (χ1n) is 13.6. The van der Waals surface area contributed by atoms with Crippen LogP contribution in [0, 0.1) is 0 Å². The summed E-state index contributed by atoms with van der Waals surface area (Å²) in [6.07, 6.45) is -0.351. The topological polar surface area (TPSA) is 108 Å². The van der Waals surface area contributed by atoms with Crippen molar-refractivity contribution in [2.45, 2.75) is 57.8 Å². The molecule has 0 spiro atoms. The molecule has 2 aliphatic rings. The largest absolute Gasteiger partial charge is 0.443 e. The van der Waals surface area contributed by atoms with Gasteiger partial charge in [-0.2, -0.15) is 0 Å². The molecule has 2 aliphatic heterocycles. The van der Waals surface area contributed by atoms with Gasteiger partial charge < -0.3 is 20.3 Å². The number of rotatable bonds is 4. The predicted molar refractivity (Wildman–Crippen MR) is 156 cm³/mol. The summed E-state index contributed by atoms with van der Waals surface area (Å²) in [6, 6.07) is 19.5. The molecule has 3 aromatic carbocycles. The highest BCUT2D eigenvalue weighted by molar-refractivity contribution is 6.07. The standard InChI is InChI=1S/C32H34N4O5/c1-19(33-29(38)26-18-20-12-6-10-16-24(20)36(26)31(40)41-32(2,3)4)28(37)34-27-23-15-8-7-13-21(23)22-14-9-11-17-25(22)35(5)30(27)39/h6-17,19,26-27H,18H2,1-5H3,(H,33,38)(H,34,37)/t19-,26-,27+/m0/s1. The summed E-state index contributed by atoms with van der Waals surface area (Å²) in [4.78, 5) is 56.5. The van der Waals surface area contributed by atoms with Gasteiger partial charge in [0.15, 0.2) is 0 Å². The molecule has 0 fully saturated rings. The molecule has 41 heavy (non-hydrogen) atoms. The van der Waals surface area contributed by atoms with E-state index in [0.29, 0.717) is 11.3 Å². The Hall–Kier alpha value is -4.66. The lowest BCUT2D eigenvalue weighted by Gasteiger charge is -2.29. The third-order valence-electron chi connectivity index (χ3n) is 7.31. The average molecular weight is 555 g/mol. The van der Waals surface area contributed by atoms with Gasteiger partial charge in [-0.15, -0.1) is 0 Å². The molecule has 3 aromatic rings. The second-order valence-corrected chi connectivity index (χ2v) is 11.4. The summed E-state index contributed by atoms with van der Waals surface area (Å²) in [6.45, 7) is 6.84. The maximum absolute atomic E-state index is 13.6. The summed E-state index contributed by atoms with van der Waals surface area (Å²) in [5.41, 5.74) is 3.83. The van der Waals surface area contributed by atoms with Crippen molar-refractivity contribution in [1.29, 1.82) is 0 Å².